The van der Waals surface area contributed by atoms with Crippen molar-refractivity contribution in [2.24, 2.45) is 0 Å². The Morgan fingerprint density at radius 3 is 2.52 bits per heavy atom. The van der Waals surface area contributed by atoms with E-state index >= 15 is 0 Å². The number of hydrogen-bond donors (Lipinski definition) is 1. The maximum absolute atomic E-state index is 12.5. The minimum absolute atomic E-state index is 0.147. The second-order valence-electron chi connectivity index (χ2n) is 7.68. The zero-order chi connectivity index (χ0) is 17.5. The molecule has 2 fully saturated rings. The van der Waals surface area contributed by atoms with Gasteiger partial charge in [-0.25, -0.2) is 0 Å². The lowest BCUT2D eigenvalue weighted by molar-refractivity contribution is -0.122. The van der Waals surface area contributed by atoms with Gasteiger partial charge in [0.15, 0.2) is 0 Å². The highest BCUT2D eigenvalue weighted by molar-refractivity contribution is 5.76. The topological polar surface area (TPSA) is 41.6 Å². The third-order valence-electron chi connectivity index (χ3n) is 5.94. The summed E-state index contributed by atoms with van der Waals surface area (Å²) >= 11 is 0. The molecule has 1 aliphatic heterocycles. The Morgan fingerprint density at radius 1 is 1.16 bits per heavy atom. The van der Waals surface area contributed by atoms with Crippen molar-refractivity contribution in [1.82, 2.24) is 10.2 Å². The molecule has 1 unspecified atom stereocenters. The average molecular weight is 344 g/mol. The van der Waals surface area contributed by atoms with E-state index in [2.05, 4.69) is 29.3 Å². The predicted octanol–water partition coefficient (Wildman–Crippen LogP) is 3.33. The molecular weight excluding hydrogens is 312 g/mol. The Kier molecular flexibility index (Phi) is 6.49. The van der Waals surface area contributed by atoms with E-state index in [0.29, 0.717) is 6.42 Å². The summed E-state index contributed by atoms with van der Waals surface area (Å²) in [4.78, 5) is 15.1. The highest BCUT2D eigenvalue weighted by Crippen LogP contribution is 2.34. The van der Waals surface area contributed by atoms with Gasteiger partial charge in [-0.15, -0.1) is 0 Å². The van der Waals surface area contributed by atoms with Gasteiger partial charge in [0.05, 0.1) is 13.2 Å². The molecule has 138 valence electrons. The summed E-state index contributed by atoms with van der Waals surface area (Å²) in [5, 5.41) is 3.27. The molecule has 1 saturated heterocycles. The number of benzene rings is 1. The van der Waals surface area contributed by atoms with Gasteiger partial charge in [-0.05, 0) is 24.3 Å². The molecule has 1 aromatic rings. The minimum atomic E-state index is 0.147. The smallest absolute Gasteiger partial charge is 0.220 e. The highest BCUT2D eigenvalue weighted by atomic mass is 16.5. The van der Waals surface area contributed by atoms with Crippen molar-refractivity contribution in [2.75, 3.05) is 32.8 Å². The molecule has 3 rings (SSSR count). The van der Waals surface area contributed by atoms with Gasteiger partial charge in [-0.1, -0.05) is 56.5 Å². The average Bonchev–Trinajstić information content (AvgIpc) is 2.68. The van der Waals surface area contributed by atoms with Crippen LogP contribution < -0.4 is 5.32 Å². The standard InChI is InChI=1S/C21H32N2O2/c1-18(19-8-4-2-5-9-19)16-20(24)22-17-21(10-6-3-7-11-21)23-12-14-25-15-13-23/h2,4-5,8-9,18H,3,6-7,10-17H2,1H3,(H,22,24). The molecule has 1 amide bonds. The summed E-state index contributed by atoms with van der Waals surface area (Å²) in [6.07, 6.45) is 6.82. The van der Waals surface area contributed by atoms with E-state index < -0.39 is 0 Å². The van der Waals surface area contributed by atoms with E-state index in [9.17, 15) is 4.79 Å². The van der Waals surface area contributed by atoms with Crippen molar-refractivity contribution >= 4 is 5.91 Å². The summed E-state index contributed by atoms with van der Waals surface area (Å²) in [5.74, 6) is 0.432. The molecule has 1 atom stereocenters. The molecule has 0 aromatic heterocycles. The molecular formula is C21H32N2O2. The van der Waals surface area contributed by atoms with Crippen LogP contribution in [-0.2, 0) is 9.53 Å². The number of carbonyl (C=O) groups excluding carboxylic acids is 1. The van der Waals surface area contributed by atoms with E-state index in [4.69, 9.17) is 4.74 Å². The van der Waals surface area contributed by atoms with Crippen LogP contribution in [0.3, 0.4) is 0 Å². The second kappa shape index (κ2) is 8.81. The number of morpholine rings is 1. The van der Waals surface area contributed by atoms with Crippen LogP contribution in [-0.4, -0.2) is 49.2 Å². The van der Waals surface area contributed by atoms with Gasteiger partial charge in [0.2, 0.25) is 5.91 Å². The van der Waals surface area contributed by atoms with Crippen LogP contribution in [0.5, 0.6) is 0 Å². The fourth-order valence-corrected chi connectivity index (χ4v) is 4.37. The van der Waals surface area contributed by atoms with Crippen LogP contribution in [0.4, 0.5) is 0 Å². The zero-order valence-electron chi connectivity index (χ0n) is 15.5. The van der Waals surface area contributed by atoms with Crippen LogP contribution in [0.2, 0.25) is 0 Å². The SMILES string of the molecule is CC(CC(=O)NCC1(N2CCOCC2)CCCCC1)c1ccccc1. The van der Waals surface area contributed by atoms with E-state index in [0.717, 1.165) is 32.8 Å². The first kappa shape index (κ1) is 18.4. The Labute approximate surface area is 151 Å². The molecule has 1 aliphatic carbocycles. The summed E-state index contributed by atoms with van der Waals surface area (Å²) in [6, 6.07) is 10.3. The fourth-order valence-electron chi connectivity index (χ4n) is 4.37. The molecule has 4 heteroatoms. The first-order valence-corrected chi connectivity index (χ1v) is 9.84. The maximum Gasteiger partial charge on any atom is 0.220 e. The van der Waals surface area contributed by atoms with E-state index in [1.165, 1.54) is 37.7 Å². The molecule has 0 radical (unpaired) electrons. The van der Waals surface area contributed by atoms with Crippen LogP contribution in [0.15, 0.2) is 30.3 Å². The van der Waals surface area contributed by atoms with Gasteiger partial charge in [-0.3, -0.25) is 9.69 Å². The molecule has 0 bridgehead atoms. The Hall–Kier alpha value is -1.39. The van der Waals surface area contributed by atoms with Crippen molar-refractivity contribution in [3.63, 3.8) is 0 Å². The van der Waals surface area contributed by atoms with Crippen LogP contribution >= 0.6 is 0 Å². The van der Waals surface area contributed by atoms with E-state index in [1.807, 2.05) is 18.2 Å². The molecule has 1 N–H and O–H groups in total. The molecule has 1 aromatic carbocycles. The van der Waals surface area contributed by atoms with Crippen LogP contribution in [0.25, 0.3) is 0 Å². The lowest BCUT2D eigenvalue weighted by Crippen LogP contribution is -2.59. The summed E-state index contributed by atoms with van der Waals surface area (Å²) < 4.78 is 5.53. The van der Waals surface area contributed by atoms with Crippen LogP contribution in [0.1, 0.15) is 56.9 Å². The zero-order valence-corrected chi connectivity index (χ0v) is 15.5. The lowest BCUT2D eigenvalue weighted by Gasteiger charge is -2.48. The molecule has 25 heavy (non-hydrogen) atoms. The quantitative estimate of drug-likeness (QED) is 0.861. The third-order valence-corrected chi connectivity index (χ3v) is 5.94. The normalized spacial score (nSPS) is 22.3. The number of amides is 1. The highest BCUT2D eigenvalue weighted by Gasteiger charge is 2.38. The Morgan fingerprint density at radius 2 is 1.84 bits per heavy atom. The molecule has 1 heterocycles. The van der Waals surface area contributed by atoms with Crippen LogP contribution in [0, 0.1) is 0 Å². The third kappa shape index (κ3) is 4.83. The van der Waals surface area contributed by atoms with Gasteiger partial charge in [0.25, 0.3) is 0 Å². The summed E-state index contributed by atoms with van der Waals surface area (Å²) in [7, 11) is 0. The Balaban J connectivity index is 1.56. The van der Waals surface area contributed by atoms with Crippen molar-refractivity contribution in [1.29, 1.82) is 0 Å². The summed E-state index contributed by atoms with van der Waals surface area (Å²) in [5.41, 5.74) is 1.38. The number of ether oxygens (including phenoxy) is 1. The van der Waals surface area contributed by atoms with Gasteiger partial charge >= 0.3 is 0 Å². The van der Waals surface area contributed by atoms with E-state index in [-0.39, 0.29) is 17.4 Å². The maximum atomic E-state index is 12.5. The number of carbonyl (C=O) groups is 1. The van der Waals surface area contributed by atoms with Crippen molar-refractivity contribution in [3.05, 3.63) is 35.9 Å². The second-order valence-corrected chi connectivity index (χ2v) is 7.68. The Bertz CT molecular complexity index is 534. The largest absolute Gasteiger partial charge is 0.379 e. The van der Waals surface area contributed by atoms with Gasteiger partial charge in [0, 0.05) is 31.6 Å². The molecule has 2 aliphatic rings. The first-order chi connectivity index (χ1) is 12.2. The predicted molar refractivity (Wildman–Crippen MR) is 101 cm³/mol. The van der Waals surface area contributed by atoms with Crippen molar-refractivity contribution in [3.8, 4) is 0 Å². The number of hydrogen-bond acceptors (Lipinski definition) is 3. The molecule has 1 saturated carbocycles. The molecule has 0 spiro atoms. The molecule has 4 nitrogen and oxygen atoms in total. The number of rotatable bonds is 6. The monoisotopic (exact) mass is 344 g/mol. The van der Waals surface area contributed by atoms with Crippen molar-refractivity contribution in [2.45, 2.75) is 56.9 Å². The number of nitrogens with one attached hydrogen (secondary N) is 1. The lowest BCUT2D eigenvalue weighted by atomic mass is 9.79. The van der Waals surface area contributed by atoms with Gasteiger partial charge in [0.1, 0.15) is 0 Å². The van der Waals surface area contributed by atoms with Gasteiger partial charge < -0.3 is 10.1 Å². The number of nitrogens with zero attached hydrogens (tertiary/aromatic N) is 1. The fraction of sp³-hybridized carbons (Fsp3) is 0.667. The van der Waals surface area contributed by atoms with Gasteiger partial charge in [-0.2, -0.15) is 0 Å². The minimum Gasteiger partial charge on any atom is -0.379 e. The van der Waals surface area contributed by atoms with E-state index in [1.54, 1.807) is 0 Å². The first-order valence-electron chi connectivity index (χ1n) is 9.84. The summed E-state index contributed by atoms with van der Waals surface area (Å²) in [6.45, 7) is 6.55. The van der Waals surface area contributed by atoms with Crippen molar-refractivity contribution < 1.29 is 9.53 Å².